The quantitative estimate of drug-likeness (QED) is 0.840. The molecule has 0 saturated carbocycles. The molecule has 1 heterocycles. The Morgan fingerprint density at radius 2 is 1.90 bits per heavy atom. The van der Waals surface area contributed by atoms with Gasteiger partial charge in [0.2, 0.25) is 5.91 Å². The number of carbonyl (C=O) groups is 1. The Morgan fingerprint density at radius 1 is 1.19 bits per heavy atom. The third kappa shape index (κ3) is 4.69. The molecule has 0 aliphatic rings. The highest BCUT2D eigenvalue weighted by Gasteiger charge is 2.15. The SMILES string of the molecule is CC(=O)Nc1ccc(CN[C@H](c2cccs2)C(C)C)cc1. The number of nitrogens with one attached hydrogen (secondary N) is 2. The van der Waals surface area contributed by atoms with Crippen LogP contribution in [0.15, 0.2) is 41.8 Å². The zero-order valence-electron chi connectivity index (χ0n) is 12.7. The first-order valence-electron chi connectivity index (χ1n) is 7.19. The molecular weight excluding hydrogens is 280 g/mol. The fourth-order valence-electron chi connectivity index (χ4n) is 2.27. The van der Waals surface area contributed by atoms with Gasteiger partial charge in [0.05, 0.1) is 0 Å². The highest BCUT2D eigenvalue weighted by molar-refractivity contribution is 7.10. The van der Waals surface area contributed by atoms with Crippen molar-refractivity contribution < 1.29 is 4.79 Å². The average Bonchev–Trinajstić information content (AvgIpc) is 2.94. The van der Waals surface area contributed by atoms with E-state index >= 15 is 0 Å². The van der Waals surface area contributed by atoms with E-state index in [0.29, 0.717) is 12.0 Å². The molecule has 3 nitrogen and oxygen atoms in total. The van der Waals surface area contributed by atoms with Gasteiger partial charge in [0, 0.05) is 30.1 Å². The molecule has 0 aliphatic carbocycles. The highest BCUT2D eigenvalue weighted by atomic mass is 32.1. The van der Waals surface area contributed by atoms with E-state index in [2.05, 4.69) is 42.0 Å². The van der Waals surface area contributed by atoms with E-state index in [1.165, 1.54) is 17.4 Å². The summed E-state index contributed by atoms with van der Waals surface area (Å²) >= 11 is 1.79. The number of thiophene rings is 1. The van der Waals surface area contributed by atoms with Crippen LogP contribution in [0.25, 0.3) is 0 Å². The minimum absolute atomic E-state index is 0.0431. The first-order valence-corrected chi connectivity index (χ1v) is 8.07. The first kappa shape index (κ1) is 15.7. The van der Waals surface area contributed by atoms with E-state index in [-0.39, 0.29) is 5.91 Å². The minimum atomic E-state index is -0.0431. The molecule has 0 unspecified atom stereocenters. The molecule has 0 aliphatic heterocycles. The minimum Gasteiger partial charge on any atom is -0.326 e. The molecule has 1 atom stereocenters. The molecule has 2 aromatic rings. The first-order chi connectivity index (χ1) is 10.1. The van der Waals surface area contributed by atoms with E-state index in [0.717, 1.165) is 12.2 Å². The van der Waals surface area contributed by atoms with Gasteiger partial charge in [-0.1, -0.05) is 32.0 Å². The molecule has 4 heteroatoms. The van der Waals surface area contributed by atoms with Crippen LogP contribution < -0.4 is 10.6 Å². The van der Waals surface area contributed by atoms with Crippen LogP contribution in [0.3, 0.4) is 0 Å². The summed E-state index contributed by atoms with van der Waals surface area (Å²) in [6.45, 7) is 6.80. The van der Waals surface area contributed by atoms with Gasteiger partial charge in [-0.2, -0.15) is 0 Å². The van der Waals surface area contributed by atoms with Crippen molar-refractivity contribution in [1.82, 2.24) is 5.32 Å². The molecule has 2 N–H and O–H groups in total. The van der Waals surface area contributed by atoms with E-state index < -0.39 is 0 Å². The van der Waals surface area contributed by atoms with Gasteiger partial charge in [0.15, 0.2) is 0 Å². The van der Waals surface area contributed by atoms with Gasteiger partial charge in [-0.3, -0.25) is 4.79 Å². The van der Waals surface area contributed by atoms with Crippen LogP contribution in [0.4, 0.5) is 5.69 Å². The summed E-state index contributed by atoms with van der Waals surface area (Å²) in [5, 5.41) is 8.52. The summed E-state index contributed by atoms with van der Waals surface area (Å²) in [6, 6.07) is 12.6. The predicted molar refractivity (Wildman–Crippen MR) is 89.5 cm³/mol. The second-order valence-electron chi connectivity index (χ2n) is 5.50. The van der Waals surface area contributed by atoms with Crippen LogP contribution in [0.5, 0.6) is 0 Å². The number of anilines is 1. The van der Waals surface area contributed by atoms with Crippen LogP contribution in [0.2, 0.25) is 0 Å². The summed E-state index contributed by atoms with van der Waals surface area (Å²) in [5.74, 6) is 0.501. The molecule has 21 heavy (non-hydrogen) atoms. The zero-order valence-corrected chi connectivity index (χ0v) is 13.5. The van der Waals surface area contributed by atoms with Crippen LogP contribution in [-0.2, 0) is 11.3 Å². The summed E-state index contributed by atoms with van der Waals surface area (Å²) in [6.07, 6.45) is 0. The van der Waals surface area contributed by atoms with Gasteiger partial charge in [-0.05, 0) is 35.1 Å². The van der Waals surface area contributed by atoms with E-state index in [1.807, 2.05) is 24.3 Å². The molecule has 1 aromatic heterocycles. The normalized spacial score (nSPS) is 12.4. The van der Waals surface area contributed by atoms with Crippen molar-refractivity contribution in [3.8, 4) is 0 Å². The van der Waals surface area contributed by atoms with Gasteiger partial charge in [-0.25, -0.2) is 0 Å². The third-order valence-corrected chi connectivity index (χ3v) is 4.27. The molecule has 0 fully saturated rings. The molecule has 0 saturated heterocycles. The molecule has 1 amide bonds. The number of carbonyl (C=O) groups excluding carboxylic acids is 1. The molecular formula is C17H22N2OS. The Morgan fingerprint density at radius 3 is 2.43 bits per heavy atom. The monoisotopic (exact) mass is 302 g/mol. The lowest BCUT2D eigenvalue weighted by atomic mass is 10.0. The van der Waals surface area contributed by atoms with Gasteiger partial charge < -0.3 is 10.6 Å². The lowest BCUT2D eigenvalue weighted by Gasteiger charge is -2.21. The number of benzene rings is 1. The largest absolute Gasteiger partial charge is 0.326 e. The average molecular weight is 302 g/mol. The van der Waals surface area contributed by atoms with Crippen molar-refractivity contribution in [2.75, 3.05) is 5.32 Å². The van der Waals surface area contributed by atoms with Crippen LogP contribution in [-0.4, -0.2) is 5.91 Å². The van der Waals surface area contributed by atoms with Crippen molar-refractivity contribution in [2.24, 2.45) is 5.92 Å². The standard InChI is InChI=1S/C17H22N2OS/c1-12(2)17(16-5-4-10-21-16)18-11-14-6-8-15(9-7-14)19-13(3)20/h4-10,12,17-18H,11H2,1-3H3,(H,19,20)/t17-/m0/s1. The fraction of sp³-hybridized carbons (Fsp3) is 0.353. The number of rotatable bonds is 6. The van der Waals surface area contributed by atoms with E-state index in [1.54, 1.807) is 11.3 Å². The van der Waals surface area contributed by atoms with Crippen LogP contribution in [0, 0.1) is 5.92 Å². The summed E-state index contributed by atoms with van der Waals surface area (Å²) in [5.41, 5.74) is 2.05. The zero-order chi connectivity index (χ0) is 15.2. The number of hydrogen-bond donors (Lipinski definition) is 2. The van der Waals surface area contributed by atoms with Crippen molar-refractivity contribution in [2.45, 2.75) is 33.4 Å². The van der Waals surface area contributed by atoms with Gasteiger partial charge in [0.25, 0.3) is 0 Å². The highest BCUT2D eigenvalue weighted by Crippen LogP contribution is 2.26. The maximum atomic E-state index is 11.0. The Bertz CT molecular complexity index is 561. The van der Waals surface area contributed by atoms with Crippen molar-refractivity contribution in [3.63, 3.8) is 0 Å². The molecule has 112 valence electrons. The maximum absolute atomic E-state index is 11.0. The summed E-state index contributed by atoms with van der Waals surface area (Å²) in [7, 11) is 0. The molecule has 0 bridgehead atoms. The van der Waals surface area contributed by atoms with Gasteiger partial charge >= 0.3 is 0 Å². The predicted octanol–water partition coefficient (Wildman–Crippen LogP) is 4.19. The maximum Gasteiger partial charge on any atom is 0.221 e. The Labute approximate surface area is 130 Å². The molecule has 2 rings (SSSR count). The lowest BCUT2D eigenvalue weighted by molar-refractivity contribution is -0.114. The third-order valence-electron chi connectivity index (χ3n) is 3.32. The molecule has 0 spiro atoms. The van der Waals surface area contributed by atoms with Gasteiger partial charge in [0.1, 0.15) is 0 Å². The number of amides is 1. The summed E-state index contributed by atoms with van der Waals surface area (Å²) < 4.78 is 0. The smallest absolute Gasteiger partial charge is 0.221 e. The topological polar surface area (TPSA) is 41.1 Å². The van der Waals surface area contributed by atoms with E-state index in [4.69, 9.17) is 0 Å². The van der Waals surface area contributed by atoms with Crippen LogP contribution >= 0.6 is 11.3 Å². The van der Waals surface area contributed by atoms with E-state index in [9.17, 15) is 4.79 Å². The molecule has 0 radical (unpaired) electrons. The summed E-state index contributed by atoms with van der Waals surface area (Å²) in [4.78, 5) is 12.4. The van der Waals surface area contributed by atoms with Crippen molar-refractivity contribution >= 4 is 22.9 Å². The van der Waals surface area contributed by atoms with Crippen molar-refractivity contribution in [3.05, 3.63) is 52.2 Å². The Hall–Kier alpha value is -1.65. The second-order valence-corrected chi connectivity index (χ2v) is 6.48. The molecule has 1 aromatic carbocycles. The second kappa shape index (κ2) is 7.38. The lowest BCUT2D eigenvalue weighted by Crippen LogP contribution is -2.24. The number of hydrogen-bond acceptors (Lipinski definition) is 3. The Kier molecular flexibility index (Phi) is 5.53. The fourth-order valence-corrected chi connectivity index (χ4v) is 3.24. The van der Waals surface area contributed by atoms with Crippen LogP contribution in [0.1, 0.15) is 37.3 Å². The van der Waals surface area contributed by atoms with Crippen molar-refractivity contribution in [1.29, 1.82) is 0 Å². The Balaban J connectivity index is 1.96. The van der Waals surface area contributed by atoms with Gasteiger partial charge in [-0.15, -0.1) is 11.3 Å².